The molecule has 0 saturated carbocycles. The molecule has 1 aromatic heterocycles. The van der Waals surface area contributed by atoms with Crippen LogP contribution in [0.5, 0.6) is 0 Å². The highest BCUT2D eigenvalue weighted by atomic mass is 35.5. The van der Waals surface area contributed by atoms with Crippen molar-refractivity contribution < 1.29 is 9.53 Å². The molecule has 0 unspecified atom stereocenters. The number of halogens is 1. The Kier molecular flexibility index (Phi) is 4.95. The Labute approximate surface area is 152 Å². The van der Waals surface area contributed by atoms with Crippen LogP contribution in [0, 0.1) is 13.8 Å². The van der Waals surface area contributed by atoms with Gasteiger partial charge >= 0.3 is 5.97 Å². The van der Waals surface area contributed by atoms with E-state index in [1.165, 1.54) is 0 Å². The summed E-state index contributed by atoms with van der Waals surface area (Å²) in [5, 5.41) is 0.653. The van der Waals surface area contributed by atoms with E-state index in [4.69, 9.17) is 16.3 Å². The molecule has 2 aromatic carbocycles. The van der Waals surface area contributed by atoms with Gasteiger partial charge in [-0.1, -0.05) is 48.0 Å². The molecule has 128 valence electrons. The van der Waals surface area contributed by atoms with Crippen molar-refractivity contribution >= 4 is 17.6 Å². The zero-order chi connectivity index (χ0) is 18.0. The summed E-state index contributed by atoms with van der Waals surface area (Å²) in [5.74, 6) is -0.303. The Morgan fingerprint density at radius 2 is 1.80 bits per heavy atom. The van der Waals surface area contributed by atoms with Gasteiger partial charge in [-0.15, -0.1) is 0 Å². The molecule has 0 aliphatic carbocycles. The number of hydrogen-bond donors (Lipinski definition) is 0. The van der Waals surface area contributed by atoms with Crippen LogP contribution in [0.2, 0.25) is 5.02 Å². The first-order chi connectivity index (χ1) is 12.0. The van der Waals surface area contributed by atoms with Crippen molar-refractivity contribution in [3.63, 3.8) is 0 Å². The number of benzene rings is 2. The molecule has 0 N–H and O–H groups in total. The van der Waals surface area contributed by atoms with E-state index >= 15 is 0 Å². The molecule has 0 spiro atoms. The minimum absolute atomic E-state index is 0.303. The zero-order valence-electron chi connectivity index (χ0n) is 14.5. The molecule has 0 atom stereocenters. The van der Waals surface area contributed by atoms with Crippen LogP contribution in [-0.4, -0.2) is 17.1 Å². The maximum absolute atomic E-state index is 12.7. The van der Waals surface area contributed by atoms with Gasteiger partial charge in [0.05, 0.1) is 17.9 Å². The van der Waals surface area contributed by atoms with Crippen LogP contribution in [0.3, 0.4) is 0 Å². The minimum Gasteiger partial charge on any atom is -0.462 e. The maximum Gasteiger partial charge on any atom is 0.340 e. The monoisotopic (exact) mass is 353 g/mol. The van der Waals surface area contributed by atoms with Crippen LogP contribution in [-0.2, 0) is 4.74 Å². The van der Waals surface area contributed by atoms with Crippen molar-refractivity contribution in [1.82, 2.24) is 4.57 Å². The number of aromatic nitrogens is 1. The second-order valence-corrected chi connectivity index (χ2v) is 6.27. The average Bonchev–Trinajstić information content (AvgIpc) is 2.87. The van der Waals surface area contributed by atoms with Crippen molar-refractivity contribution in [2.75, 3.05) is 6.61 Å². The lowest BCUT2D eigenvalue weighted by molar-refractivity contribution is 0.0526. The van der Waals surface area contributed by atoms with E-state index in [2.05, 4.69) is 4.57 Å². The van der Waals surface area contributed by atoms with Gasteiger partial charge in [0.25, 0.3) is 0 Å². The number of hydrogen-bond acceptors (Lipinski definition) is 2. The number of nitrogens with zero attached hydrogens (tertiary/aromatic N) is 1. The predicted molar refractivity (Wildman–Crippen MR) is 102 cm³/mol. The quantitative estimate of drug-likeness (QED) is 0.572. The second kappa shape index (κ2) is 7.16. The second-order valence-electron chi connectivity index (χ2n) is 5.84. The van der Waals surface area contributed by atoms with Crippen molar-refractivity contribution in [3.05, 3.63) is 76.4 Å². The third-order valence-electron chi connectivity index (χ3n) is 4.31. The Morgan fingerprint density at radius 3 is 2.44 bits per heavy atom. The Morgan fingerprint density at radius 1 is 1.08 bits per heavy atom. The Balaban J connectivity index is 2.35. The van der Waals surface area contributed by atoms with Crippen LogP contribution >= 0.6 is 11.6 Å². The van der Waals surface area contributed by atoms with Crippen LogP contribution in [0.25, 0.3) is 16.9 Å². The molecular weight excluding hydrogens is 334 g/mol. The first kappa shape index (κ1) is 17.3. The van der Waals surface area contributed by atoms with E-state index in [1.807, 2.05) is 75.4 Å². The van der Waals surface area contributed by atoms with Gasteiger partial charge in [-0.05, 0) is 50.1 Å². The van der Waals surface area contributed by atoms with Gasteiger partial charge < -0.3 is 9.30 Å². The van der Waals surface area contributed by atoms with E-state index in [9.17, 15) is 4.79 Å². The number of ether oxygens (including phenoxy) is 1. The Bertz CT molecular complexity index is 913. The lowest BCUT2D eigenvalue weighted by Gasteiger charge is -2.13. The molecule has 0 radical (unpaired) electrons. The smallest absolute Gasteiger partial charge is 0.340 e. The predicted octanol–water partition coefficient (Wildman–Crippen LogP) is 5.59. The van der Waals surface area contributed by atoms with Crippen molar-refractivity contribution in [1.29, 1.82) is 0 Å². The molecule has 3 rings (SSSR count). The molecule has 0 aliphatic heterocycles. The number of carbonyl (C=O) groups excluding carboxylic acids is 1. The van der Waals surface area contributed by atoms with Gasteiger partial charge in [-0.2, -0.15) is 0 Å². The summed E-state index contributed by atoms with van der Waals surface area (Å²) in [7, 11) is 0. The van der Waals surface area contributed by atoms with Crippen LogP contribution < -0.4 is 0 Å². The van der Waals surface area contributed by atoms with Crippen molar-refractivity contribution in [2.24, 2.45) is 0 Å². The summed E-state index contributed by atoms with van der Waals surface area (Å²) in [6.07, 6.45) is 0. The molecule has 4 heteroatoms. The first-order valence-corrected chi connectivity index (χ1v) is 8.62. The van der Waals surface area contributed by atoms with Gasteiger partial charge in [-0.25, -0.2) is 4.79 Å². The topological polar surface area (TPSA) is 31.2 Å². The Hall–Kier alpha value is -2.52. The lowest BCUT2D eigenvalue weighted by Crippen LogP contribution is -2.08. The van der Waals surface area contributed by atoms with Gasteiger partial charge in [0, 0.05) is 16.4 Å². The highest BCUT2D eigenvalue weighted by molar-refractivity contribution is 6.30. The minimum atomic E-state index is -0.303. The maximum atomic E-state index is 12.7. The standard InChI is InChI=1S/C21H20ClNO2/c1-4-25-21(24)19-14(2)15(3)23(18-12-8-11-17(22)13-18)20(19)16-9-6-5-7-10-16/h5-13H,4H2,1-3H3. The lowest BCUT2D eigenvalue weighted by atomic mass is 10.0. The van der Waals surface area contributed by atoms with E-state index in [-0.39, 0.29) is 5.97 Å². The van der Waals surface area contributed by atoms with Gasteiger partial charge in [-0.3, -0.25) is 0 Å². The summed E-state index contributed by atoms with van der Waals surface area (Å²) in [4.78, 5) is 12.7. The molecule has 0 bridgehead atoms. The highest BCUT2D eigenvalue weighted by Crippen LogP contribution is 2.35. The van der Waals surface area contributed by atoms with E-state index in [0.29, 0.717) is 17.2 Å². The molecule has 25 heavy (non-hydrogen) atoms. The molecule has 1 heterocycles. The fourth-order valence-electron chi connectivity index (χ4n) is 3.07. The van der Waals surface area contributed by atoms with Crippen molar-refractivity contribution in [3.8, 4) is 16.9 Å². The molecule has 0 amide bonds. The zero-order valence-corrected chi connectivity index (χ0v) is 15.3. The molecule has 0 saturated heterocycles. The fourth-order valence-corrected chi connectivity index (χ4v) is 3.25. The fraction of sp³-hybridized carbons (Fsp3) is 0.190. The van der Waals surface area contributed by atoms with E-state index in [0.717, 1.165) is 28.2 Å². The van der Waals surface area contributed by atoms with Crippen LogP contribution in [0.15, 0.2) is 54.6 Å². The normalized spacial score (nSPS) is 10.7. The molecular formula is C21H20ClNO2. The summed E-state index contributed by atoms with van der Waals surface area (Å²) in [6.45, 7) is 6.12. The van der Waals surface area contributed by atoms with E-state index in [1.54, 1.807) is 0 Å². The summed E-state index contributed by atoms with van der Waals surface area (Å²) < 4.78 is 7.39. The molecule has 3 aromatic rings. The summed E-state index contributed by atoms with van der Waals surface area (Å²) >= 11 is 6.20. The third kappa shape index (κ3) is 3.20. The molecule has 0 fully saturated rings. The summed E-state index contributed by atoms with van der Waals surface area (Å²) in [5.41, 5.74) is 5.22. The average molecular weight is 354 g/mol. The number of rotatable bonds is 4. The van der Waals surface area contributed by atoms with Gasteiger partial charge in [0.1, 0.15) is 0 Å². The first-order valence-electron chi connectivity index (χ1n) is 8.25. The third-order valence-corrected chi connectivity index (χ3v) is 4.54. The number of carbonyl (C=O) groups is 1. The summed E-state index contributed by atoms with van der Waals surface area (Å²) in [6, 6.07) is 17.5. The van der Waals surface area contributed by atoms with Gasteiger partial charge in [0.15, 0.2) is 0 Å². The number of esters is 1. The van der Waals surface area contributed by atoms with E-state index < -0.39 is 0 Å². The largest absolute Gasteiger partial charge is 0.462 e. The van der Waals surface area contributed by atoms with Crippen LogP contribution in [0.4, 0.5) is 0 Å². The molecule has 0 aliphatic rings. The SMILES string of the molecule is CCOC(=O)c1c(C)c(C)n(-c2cccc(Cl)c2)c1-c1ccccc1. The highest BCUT2D eigenvalue weighted by Gasteiger charge is 2.25. The van der Waals surface area contributed by atoms with Crippen LogP contribution in [0.1, 0.15) is 28.5 Å². The molecule has 3 nitrogen and oxygen atoms in total. The van der Waals surface area contributed by atoms with Crippen molar-refractivity contribution in [2.45, 2.75) is 20.8 Å². The van der Waals surface area contributed by atoms with Gasteiger partial charge in [0.2, 0.25) is 0 Å².